The number of allylic oxidation sites excluding steroid dienone is 1. The fraction of sp³-hybridized carbons (Fsp3) is 0.312. The molecule has 2 nitrogen and oxygen atoms in total. The van der Waals surface area contributed by atoms with Crippen molar-refractivity contribution >= 4 is 5.97 Å². The van der Waals surface area contributed by atoms with Gasteiger partial charge >= 0.3 is 12.1 Å². The third-order valence-corrected chi connectivity index (χ3v) is 2.09. The zero-order chi connectivity index (χ0) is 16.1. The first kappa shape index (κ1) is 16.8. The van der Waals surface area contributed by atoms with Crippen LogP contribution in [0.2, 0.25) is 0 Å². The van der Waals surface area contributed by atoms with E-state index in [0.29, 0.717) is 11.6 Å². The standard InChI is InChI=1S/C16H15F3O2/c1-15(2,3)21-14(20)11-13(16(17,18)19)10-9-12-7-5-4-6-8-12/h4-8,11H,1-3H3/b13-11+. The molecule has 112 valence electrons. The molecule has 0 N–H and O–H groups in total. The Balaban J connectivity index is 3.03. The molecule has 0 saturated carbocycles. The van der Waals surface area contributed by atoms with E-state index in [1.54, 1.807) is 51.1 Å². The number of hydrogen-bond acceptors (Lipinski definition) is 2. The molecule has 0 atom stereocenters. The number of alkyl halides is 3. The van der Waals surface area contributed by atoms with Crippen LogP contribution in [0.4, 0.5) is 13.2 Å². The van der Waals surface area contributed by atoms with Gasteiger partial charge in [-0.15, -0.1) is 0 Å². The van der Waals surface area contributed by atoms with E-state index in [2.05, 4.69) is 5.92 Å². The number of carbonyl (C=O) groups excluding carboxylic acids is 1. The fourth-order valence-electron chi connectivity index (χ4n) is 1.30. The number of carbonyl (C=O) groups is 1. The quantitative estimate of drug-likeness (QED) is 0.447. The molecule has 0 radical (unpaired) electrons. The van der Waals surface area contributed by atoms with Crippen LogP contribution in [-0.4, -0.2) is 17.7 Å². The fourth-order valence-corrected chi connectivity index (χ4v) is 1.30. The van der Waals surface area contributed by atoms with Gasteiger partial charge in [0.15, 0.2) is 0 Å². The lowest BCUT2D eigenvalue weighted by atomic mass is 10.1. The molecule has 0 aliphatic rings. The average Bonchev–Trinajstić information content (AvgIpc) is 2.32. The van der Waals surface area contributed by atoms with Crippen LogP contribution in [0.25, 0.3) is 0 Å². The first-order valence-corrected chi connectivity index (χ1v) is 6.17. The normalized spacial score (nSPS) is 12.4. The maximum Gasteiger partial charge on any atom is 0.424 e. The second-order valence-electron chi connectivity index (χ2n) is 5.21. The van der Waals surface area contributed by atoms with Gasteiger partial charge in [-0.25, -0.2) is 4.79 Å². The van der Waals surface area contributed by atoms with Gasteiger partial charge in [-0.1, -0.05) is 30.0 Å². The highest BCUT2D eigenvalue weighted by Crippen LogP contribution is 2.25. The maximum absolute atomic E-state index is 12.8. The van der Waals surface area contributed by atoms with Gasteiger partial charge < -0.3 is 4.74 Å². The van der Waals surface area contributed by atoms with Gasteiger partial charge in [-0.05, 0) is 32.9 Å². The molecule has 0 aliphatic heterocycles. The summed E-state index contributed by atoms with van der Waals surface area (Å²) in [6, 6.07) is 8.21. The van der Waals surface area contributed by atoms with Crippen LogP contribution in [0.3, 0.4) is 0 Å². The van der Waals surface area contributed by atoms with E-state index in [4.69, 9.17) is 4.74 Å². The molecule has 0 fully saturated rings. The van der Waals surface area contributed by atoms with Gasteiger partial charge in [0.25, 0.3) is 0 Å². The third-order valence-electron chi connectivity index (χ3n) is 2.09. The minimum atomic E-state index is -4.71. The van der Waals surface area contributed by atoms with Crippen LogP contribution >= 0.6 is 0 Å². The lowest BCUT2D eigenvalue weighted by Gasteiger charge is -2.18. The van der Waals surface area contributed by atoms with E-state index < -0.39 is 23.3 Å². The lowest BCUT2D eigenvalue weighted by Crippen LogP contribution is -2.23. The topological polar surface area (TPSA) is 26.3 Å². The van der Waals surface area contributed by atoms with E-state index in [1.807, 2.05) is 5.92 Å². The predicted octanol–water partition coefficient (Wildman–Crippen LogP) is 3.87. The number of esters is 1. The predicted molar refractivity (Wildman–Crippen MR) is 73.3 cm³/mol. The summed E-state index contributed by atoms with van der Waals surface area (Å²) >= 11 is 0. The van der Waals surface area contributed by atoms with Crippen LogP contribution in [0, 0.1) is 11.8 Å². The number of rotatable bonds is 1. The second-order valence-corrected chi connectivity index (χ2v) is 5.21. The summed E-state index contributed by atoms with van der Waals surface area (Å²) in [5.74, 6) is 3.28. The van der Waals surface area contributed by atoms with E-state index >= 15 is 0 Å². The minimum Gasteiger partial charge on any atom is -0.457 e. The Hall–Kier alpha value is -2.22. The van der Waals surface area contributed by atoms with Crippen molar-refractivity contribution in [2.75, 3.05) is 0 Å². The number of benzene rings is 1. The van der Waals surface area contributed by atoms with Crippen LogP contribution in [0.1, 0.15) is 26.3 Å². The zero-order valence-electron chi connectivity index (χ0n) is 11.9. The molecule has 0 saturated heterocycles. The average molecular weight is 296 g/mol. The van der Waals surface area contributed by atoms with Crippen LogP contribution in [0.5, 0.6) is 0 Å². The number of ether oxygens (including phenoxy) is 1. The van der Waals surface area contributed by atoms with Crippen molar-refractivity contribution < 1.29 is 22.7 Å². The zero-order valence-corrected chi connectivity index (χ0v) is 11.9. The molecule has 5 heteroatoms. The highest BCUT2D eigenvalue weighted by atomic mass is 19.4. The van der Waals surface area contributed by atoms with Crippen molar-refractivity contribution in [1.29, 1.82) is 0 Å². The number of hydrogen-bond donors (Lipinski definition) is 0. The Kier molecular flexibility index (Phi) is 5.20. The Bertz CT molecular complexity index is 582. The van der Waals surface area contributed by atoms with Gasteiger partial charge in [0.05, 0.1) is 0 Å². The molecule has 1 rings (SSSR count). The molecule has 0 amide bonds. The maximum atomic E-state index is 12.8. The van der Waals surface area contributed by atoms with Gasteiger partial charge in [-0.3, -0.25) is 0 Å². The first-order valence-electron chi connectivity index (χ1n) is 6.17. The van der Waals surface area contributed by atoms with E-state index in [1.165, 1.54) is 0 Å². The Morgan fingerprint density at radius 3 is 2.19 bits per heavy atom. The highest BCUT2D eigenvalue weighted by molar-refractivity contribution is 5.84. The summed E-state index contributed by atoms with van der Waals surface area (Å²) in [5.41, 5.74) is -1.67. The van der Waals surface area contributed by atoms with Crippen LogP contribution in [-0.2, 0) is 9.53 Å². The Morgan fingerprint density at radius 1 is 1.14 bits per heavy atom. The SMILES string of the molecule is CC(C)(C)OC(=O)/C=C(\C#Cc1ccccc1)C(F)(F)F. The van der Waals surface area contributed by atoms with Crippen LogP contribution in [0.15, 0.2) is 42.0 Å². The smallest absolute Gasteiger partial charge is 0.424 e. The van der Waals surface area contributed by atoms with Gasteiger partial charge in [0.1, 0.15) is 11.2 Å². The van der Waals surface area contributed by atoms with Crippen molar-refractivity contribution in [2.45, 2.75) is 32.5 Å². The molecule has 21 heavy (non-hydrogen) atoms. The van der Waals surface area contributed by atoms with E-state index in [-0.39, 0.29) is 0 Å². The van der Waals surface area contributed by atoms with E-state index in [9.17, 15) is 18.0 Å². The minimum absolute atomic E-state index is 0.376. The molecule has 0 aromatic heterocycles. The van der Waals surface area contributed by atoms with Crippen molar-refractivity contribution in [2.24, 2.45) is 0 Å². The molecular formula is C16H15F3O2. The second kappa shape index (κ2) is 6.49. The van der Waals surface area contributed by atoms with Crippen molar-refractivity contribution in [3.63, 3.8) is 0 Å². The summed E-state index contributed by atoms with van der Waals surface area (Å²) in [4.78, 5) is 11.5. The molecule has 1 aromatic rings. The van der Waals surface area contributed by atoms with Crippen molar-refractivity contribution in [1.82, 2.24) is 0 Å². The summed E-state index contributed by atoms with van der Waals surface area (Å²) in [6.45, 7) is 4.71. The molecule has 1 aromatic carbocycles. The first-order chi connectivity index (χ1) is 9.58. The summed E-state index contributed by atoms with van der Waals surface area (Å²) in [7, 11) is 0. The monoisotopic (exact) mass is 296 g/mol. The molecular weight excluding hydrogens is 281 g/mol. The lowest BCUT2D eigenvalue weighted by molar-refractivity contribution is -0.149. The third kappa shape index (κ3) is 6.66. The van der Waals surface area contributed by atoms with Crippen molar-refractivity contribution in [3.8, 4) is 11.8 Å². The number of halogens is 3. The molecule has 0 aliphatic carbocycles. The van der Waals surface area contributed by atoms with Gasteiger partial charge in [0.2, 0.25) is 0 Å². The Labute approximate surface area is 121 Å². The van der Waals surface area contributed by atoms with E-state index in [0.717, 1.165) is 0 Å². The highest BCUT2D eigenvalue weighted by Gasteiger charge is 2.34. The summed E-state index contributed by atoms with van der Waals surface area (Å²) in [5, 5.41) is 0. The van der Waals surface area contributed by atoms with Crippen molar-refractivity contribution in [3.05, 3.63) is 47.5 Å². The molecule has 0 bridgehead atoms. The summed E-state index contributed by atoms with van der Waals surface area (Å²) in [6.07, 6.45) is -4.33. The van der Waals surface area contributed by atoms with Gasteiger partial charge in [0, 0.05) is 11.6 Å². The molecule has 0 unspecified atom stereocenters. The largest absolute Gasteiger partial charge is 0.457 e. The molecule has 0 heterocycles. The Morgan fingerprint density at radius 2 is 1.71 bits per heavy atom. The summed E-state index contributed by atoms with van der Waals surface area (Å²) < 4.78 is 43.3. The van der Waals surface area contributed by atoms with Crippen LogP contribution < -0.4 is 0 Å². The van der Waals surface area contributed by atoms with Gasteiger partial charge in [-0.2, -0.15) is 13.2 Å². The molecule has 0 spiro atoms.